The highest BCUT2D eigenvalue weighted by Gasteiger charge is 2.57. The van der Waals surface area contributed by atoms with Gasteiger partial charge in [-0.15, -0.1) is 0 Å². The van der Waals surface area contributed by atoms with Crippen molar-refractivity contribution in [2.24, 2.45) is 0 Å². The molecule has 0 radical (unpaired) electrons. The molecule has 0 aliphatic carbocycles. The number of esters is 1. The number of fused-ring (bicyclic) bond motifs is 7. The summed E-state index contributed by atoms with van der Waals surface area (Å²) in [4.78, 5) is 55.4. The molecule has 1 spiro atoms. The highest BCUT2D eigenvalue weighted by atomic mass is 33.1. The van der Waals surface area contributed by atoms with Crippen LogP contribution >= 0.6 is 21.6 Å². The van der Waals surface area contributed by atoms with Crippen molar-refractivity contribution in [3.05, 3.63) is 117 Å². The number of rotatable bonds is 14. The third-order valence-electron chi connectivity index (χ3n) is 14.3. The minimum absolute atomic E-state index is 0.0983. The number of carbonyl (C=O) groups is 3. The summed E-state index contributed by atoms with van der Waals surface area (Å²) in [6.07, 6.45) is 0.178. The molecule has 5 aromatic rings. The van der Waals surface area contributed by atoms with Crippen molar-refractivity contribution in [2.75, 3.05) is 41.4 Å². The Bertz CT molecular complexity index is 2820. The summed E-state index contributed by atoms with van der Waals surface area (Å²) >= 11 is 0. The molecular weight excluding hydrogens is 916 g/mol. The van der Waals surface area contributed by atoms with Gasteiger partial charge in [0, 0.05) is 77.0 Å². The summed E-state index contributed by atoms with van der Waals surface area (Å²) in [7, 11) is 1.65. The number of nitrogens with one attached hydrogen (secondary N) is 2. The lowest BCUT2D eigenvalue weighted by atomic mass is 9.72. The van der Waals surface area contributed by atoms with E-state index in [2.05, 4.69) is 29.4 Å². The molecule has 5 heterocycles. The lowest BCUT2D eigenvalue weighted by molar-refractivity contribution is -0.115. The van der Waals surface area contributed by atoms with E-state index in [0.29, 0.717) is 62.9 Å². The second-order valence-electron chi connectivity index (χ2n) is 19.7. The summed E-state index contributed by atoms with van der Waals surface area (Å²) in [5.41, 5.74) is 0.929. The number of amides is 2. The summed E-state index contributed by atoms with van der Waals surface area (Å²) in [6.45, 7) is 22.1. The molecule has 14 nitrogen and oxygen atoms in total. The number of nitrogens with zero attached hydrogens (tertiary/aromatic N) is 1. The summed E-state index contributed by atoms with van der Waals surface area (Å²) in [5, 5.41) is 6.41. The molecule has 4 aromatic carbocycles. The smallest absolute Gasteiger partial charge is 0.456 e. The third-order valence-corrected chi connectivity index (χ3v) is 16.7. The van der Waals surface area contributed by atoms with Gasteiger partial charge in [-0.05, 0) is 129 Å². The summed E-state index contributed by atoms with van der Waals surface area (Å²) in [6, 6.07) is 23.6. The Kier molecular flexibility index (Phi) is 12.9. The van der Waals surface area contributed by atoms with Crippen LogP contribution in [-0.2, 0) is 33.7 Å². The minimum atomic E-state index is -1.47. The average molecular weight is 974 g/mol. The van der Waals surface area contributed by atoms with E-state index >= 15 is 0 Å². The first-order valence-corrected chi connectivity index (χ1v) is 25.9. The second-order valence-corrected chi connectivity index (χ2v) is 22.4. The van der Waals surface area contributed by atoms with Gasteiger partial charge in [-0.2, -0.15) is 0 Å². The van der Waals surface area contributed by atoms with E-state index in [1.54, 1.807) is 24.3 Å². The van der Waals surface area contributed by atoms with Crippen LogP contribution in [0.25, 0.3) is 11.0 Å². The lowest BCUT2D eigenvalue weighted by Crippen LogP contribution is -2.41. The van der Waals surface area contributed by atoms with Gasteiger partial charge >= 0.3 is 25.8 Å². The van der Waals surface area contributed by atoms with Crippen LogP contribution in [0.3, 0.4) is 0 Å². The molecule has 2 amide bonds. The average Bonchev–Trinajstić information content (AvgIpc) is 3.81. The molecule has 360 valence electrons. The molecule has 18 heteroatoms. The quantitative estimate of drug-likeness (QED) is 0.0362. The molecule has 0 bridgehead atoms. The normalized spacial score (nSPS) is 18.6. The van der Waals surface area contributed by atoms with E-state index in [-0.39, 0.29) is 23.9 Å². The summed E-state index contributed by atoms with van der Waals surface area (Å²) < 4.78 is 44.4. The van der Waals surface area contributed by atoms with Gasteiger partial charge < -0.3 is 48.0 Å². The van der Waals surface area contributed by atoms with Crippen molar-refractivity contribution in [3.63, 3.8) is 0 Å². The van der Waals surface area contributed by atoms with E-state index in [9.17, 15) is 19.2 Å². The van der Waals surface area contributed by atoms with Crippen molar-refractivity contribution < 1.29 is 46.9 Å². The summed E-state index contributed by atoms with van der Waals surface area (Å²) in [5.74, 6) is 0.765. The van der Waals surface area contributed by atoms with Crippen LogP contribution < -0.4 is 36.8 Å². The van der Waals surface area contributed by atoms with Gasteiger partial charge in [0.1, 0.15) is 22.8 Å². The Morgan fingerprint density at radius 2 is 1.25 bits per heavy atom. The Labute approximate surface area is 410 Å². The van der Waals surface area contributed by atoms with Crippen LogP contribution in [-0.4, -0.2) is 85.6 Å². The van der Waals surface area contributed by atoms with E-state index < -0.39 is 53.8 Å². The molecule has 4 aliphatic heterocycles. The molecule has 0 saturated carbocycles. The number of anilines is 2. The Hall–Kier alpha value is -5.23. The fourth-order valence-corrected chi connectivity index (χ4v) is 10.8. The minimum Gasteiger partial charge on any atom is -0.456 e. The van der Waals surface area contributed by atoms with Crippen LogP contribution in [0.15, 0.2) is 88.1 Å². The molecular formula is C51H57B2N3O11S2. The Morgan fingerprint density at radius 3 is 1.83 bits per heavy atom. The number of hydrogen-bond donors (Lipinski definition) is 2. The lowest BCUT2D eigenvalue weighted by Gasteiger charge is -2.37. The van der Waals surface area contributed by atoms with E-state index in [1.165, 1.54) is 21.6 Å². The number of hydrogen-bond acceptors (Lipinski definition) is 14. The van der Waals surface area contributed by atoms with Crippen LogP contribution in [0.1, 0.15) is 113 Å². The molecule has 9 rings (SSSR count). The molecule has 69 heavy (non-hydrogen) atoms. The SMILES string of the molecule is CCN(CC)c1ccc2cc(NC(=O)CCSSCCNC(=O)c3ccc4c(c3)C3(OC4=O)c4ccc(B5OC(C)(C)C(C)(C)O5)cc4Oc4cc(B5OC(C)(C)C(C)(C)O5)ccc43)c(=O)oc2c1. The predicted molar refractivity (Wildman–Crippen MR) is 273 cm³/mol. The van der Waals surface area contributed by atoms with E-state index in [1.807, 2.05) is 110 Å². The van der Waals surface area contributed by atoms with Crippen molar-refractivity contribution in [1.29, 1.82) is 0 Å². The van der Waals surface area contributed by atoms with Crippen LogP contribution in [0.2, 0.25) is 0 Å². The van der Waals surface area contributed by atoms with Gasteiger partial charge in [0.25, 0.3) is 5.91 Å². The topological polar surface area (TPSA) is 164 Å². The second kappa shape index (κ2) is 18.2. The first-order chi connectivity index (χ1) is 32.7. The van der Waals surface area contributed by atoms with Gasteiger partial charge in [-0.25, -0.2) is 9.59 Å². The first kappa shape index (κ1) is 48.8. The molecule has 1 aromatic heterocycles. The zero-order valence-electron chi connectivity index (χ0n) is 40.7. The van der Waals surface area contributed by atoms with Crippen LogP contribution in [0.5, 0.6) is 11.5 Å². The number of ether oxygens (including phenoxy) is 2. The molecule has 2 fully saturated rings. The van der Waals surface area contributed by atoms with Crippen molar-refractivity contribution in [1.82, 2.24) is 5.32 Å². The van der Waals surface area contributed by atoms with Gasteiger partial charge in [0.05, 0.1) is 28.0 Å². The first-order valence-electron chi connectivity index (χ1n) is 23.4. The molecule has 2 saturated heterocycles. The maximum absolute atomic E-state index is 13.9. The van der Waals surface area contributed by atoms with Crippen LogP contribution in [0.4, 0.5) is 11.4 Å². The standard InChI is InChI=1S/C51H57B2N3O11S2/c1-11-56(12-2)34-17-13-30-26-39(46(60)62-40(30)29-34)55-43(57)21-23-68-69-24-22-54-44(58)31-14-18-35-38(25-31)51(63-45(35)59)36-19-15-32(52-64-47(3,4)48(5,6)65-52)27-41(36)61-42-28-33(16-20-37(42)51)53-66-49(7,8)50(9,10)67-53/h13-20,25-29H,11-12,21-24H2,1-10H3,(H,54,58)(H,55,57). The number of carbonyl (C=O) groups excluding carboxylic acids is 3. The molecule has 0 atom stereocenters. The maximum atomic E-state index is 13.9. The van der Waals surface area contributed by atoms with Gasteiger partial charge in [-0.1, -0.05) is 45.9 Å². The predicted octanol–water partition coefficient (Wildman–Crippen LogP) is 7.95. The van der Waals surface area contributed by atoms with Gasteiger partial charge in [-0.3, -0.25) is 9.59 Å². The monoisotopic (exact) mass is 973 g/mol. The largest absolute Gasteiger partial charge is 0.494 e. The van der Waals surface area contributed by atoms with Crippen LogP contribution in [0, 0.1) is 0 Å². The van der Waals surface area contributed by atoms with E-state index in [4.69, 9.17) is 32.5 Å². The third kappa shape index (κ3) is 8.86. The van der Waals surface area contributed by atoms with Crippen molar-refractivity contribution in [3.8, 4) is 11.5 Å². The van der Waals surface area contributed by atoms with Crippen molar-refractivity contribution in [2.45, 2.75) is 104 Å². The van der Waals surface area contributed by atoms with Gasteiger partial charge in [0.2, 0.25) is 5.91 Å². The Balaban J connectivity index is 0.884. The zero-order valence-corrected chi connectivity index (χ0v) is 42.3. The van der Waals surface area contributed by atoms with Gasteiger partial charge in [0.15, 0.2) is 5.60 Å². The highest BCUT2D eigenvalue weighted by molar-refractivity contribution is 8.76. The fraction of sp³-hybridized carbons (Fsp3) is 0.412. The fourth-order valence-electron chi connectivity index (χ4n) is 8.89. The Morgan fingerprint density at radius 1 is 0.667 bits per heavy atom. The maximum Gasteiger partial charge on any atom is 0.494 e. The van der Waals surface area contributed by atoms with Crippen molar-refractivity contribution >= 4 is 86.9 Å². The number of benzene rings is 4. The molecule has 2 N–H and O–H groups in total. The zero-order chi connectivity index (χ0) is 49.3. The molecule has 4 aliphatic rings. The van der Waals surface area contributed by atoms with E-state index in [0.717, 1.165) is 35.1 Å². The highest BCUT2D eigenvalue weighted by Crippen LogP contribution is 2.56. The molecule has 0 unspecified atom stereocenters.